The zero-order valence-corrected chi connectivity index (χ0v) is 13.1. The van der Waals surface area contributed by atoms with Crippen molar-refractivity contribution in [1.82, 2.24) is 5.32 Å². The first-order valence-electron chi connectivity index (χ1n) is 7.86. The van der Waals surface area contributed by atoms with E-state index in [0.717, 1.165) is 12.5 Å². The van der Waals surface area contributed by atoms with Crippen LogP contribution in [0.1, 0.15) is 72.6 Å². The predicted octanol–water partition coefficient (Wildman–Crippen LogP) is 3.67. The van der Waals surface area contributed by atoms with Crippen LogP contribution in [0.15, 0.2) is 0 Å². The molecule has 0 aromatic rings. The highest BCUT2D eigenvalue weighted by Crippen LogP contribution is 2.27. The molecule has 1 fully saturated rings. The van der Waals surface area contributed by atoms with E-state index in [1.807, 2.05) is 20.8 Å². The minimum Gasteiger partial charge on any atom is -0.460 e. The minimum absolute atomic E-state index is 0.0975. The molecule has 1 saturated carbocycles. The fraction of sp³-hybridized carbons (Fsp3) is 0.938. The fourth-order valence-corrected chi connectivity index (χ4v) is 2.83. The molecule has 112 valence electrons. The van der Waals surface area contributed by atoms with Gasteiger partial charge in [-0.3, -0.25) is 4.79 Å². The number of hydrogen-bond acceptors (Lipinski definition) is 3. The van der Waals surface area contributed by atoms with Crippen LogP contribution >= 0.6 is 0 Å². The topological polar surface area (TPSA) is 38.3 Å². The lowest BCUT2D eigenvalue weighted by Gasteiger charge is -2.29. The highest BCUT2D eigenvalue weighted by Gasteiger charge is 2.21. The number of carbonyl (C=O) groups excluding carboxylic acids is 1. The van der Waals surface area contributed by atoms with Gasteiger partial charge in [0.25, 0.3) is 0 Å². The molecule has 0 radical (unpaired) electrons. The quantitative estimate of drug-likeness (QED) is 0.748. The Kier molecular flexibility index (Phi) is 6.84. The summed E-state index contributed by atoms with van der Waals surface area (Å²) in [5, 5.41) is 3.50. The average molecular weight is 269 g/mol. The van der Waals surface area contributed by atoms with E-state index in [-0.39, 0.29) is 11.6 Å². The third-order valence-corrected chi connectivity index (χ3v) is 3.73. The van der Waals surface area contributed by atoms with Crippen LogP contribution in [0.5, 0.6) is 0 Å². The van der Waals surface area contributed by atoms with Gasteiger partial charge in [-0.2, -0.15) is 0 Å². The molecule has 0 spiro atoms. The molecular formula is C16H31NO2. The number of ether oxygens (including phenoxy) is 1. The zero-order valence-electron chi connectivity index (χ0n) is 13.1. The lowest BCUT2D eigenvalue weighted by molar-refractivity contribution is -0.154. The Hall–Kier alpha value is -0.570. The smallest absolute Gasteiger partial charge is 0.307 e. The maximum atomic E-state index is 11.6. The van der Waals surface area contributed by atoms with E-state index in [9.17, 15) is 4.79 Å². The van der Waals surface area contributed by atoms with Crippen LogP contribution in [0.25, 0.3) is 0 Å². The summed E-state index contributed by atoms with van der Waals surface area (Å²) in [5.41, 5.74) is -0.366. The summed E-state index contributed by atoms with van der Waals surface area (Å²) in [6.07, 6.45) is 8.38. The largest absolute Gasteiger partial charge is 0.460 e. The van der Waals surface area contributed by atoms with Crippen molar-refractivity contribution in [3.05, 3.63) is 0 Å². The van der Waals surface area contributed by atoms with E-state index in [1.165, 1.54) is 38.5 Å². The van der Waals surface area contributed by atoms with Crippen molar-refractivity contribution in [3.63, 3.8) is 0 Å². The SMILES string of the molecule is CCCC1CCC(NCCC(=O)OC(C)(C)C)CC1. The molecule has 1 rings (SSSR count). The molecule has 0 aliphatic heterocycles. The number of hydrogen-bond donors (Lipinski definition) is 1. The van der Waals surface area contributed by atoms with E-state index >= 15 is 0 Å². The number of nitrogens with one attached hydrogen (secondary N) is 1. The Morgan fingerprint density at radius 1 is 1.21 bits per heavy atom. The summed E-state index contributed by atoms with van der Waals surface area (Å²) < 4.78 is 5.30. The van der Waals surface area contributed by atoms with E-state index < -0.39 is 0 Å². The van der Waals surface area contributed by atoms with Crippen LogP contribution in [0.3, 0.4) is 0 Å². The molecule has 3 heteroatoms. The van der Waals surface area contributed by atoms with Crippen LogP contribution in [0.2, 0.25) is 0 Å². The Balaban J connectivity index is 2.09. The summed E-state index contributed by atoms with van der Waals surface area (Å²) in [7, 11) is 0. The van der Waals surface area contributed by atoms with Crippen LogP contribution in [-0.4, -0.2) is 24.2 Å². The summed E-state index contributed by atoms with van der Waals surface area (Å²) >= 11 is 0. The molecule has 3 nitrogen and oxygen atoms in total. The molecular weight excluding hydrogens is 238 g/mol. The predicted molar refractivity (Wildman–Crippen MR) is 79.1 cm³/mol. The second-order valence-corrected chi connectivity index (χ2v) is 6.80. The summed E-state index contributed by atoms with van der Waals surface area (Å²) in [4.78, 5) is 11.6. The highest BCUT2D eigenvalue weighted by atomic mass is 16.6. The normalized spacial score (nSPS) is 24.2. The number of rotatable bonds is 6. The third kappa shape index (κ3) is 7.56. The number of esters is 1. The maximum absolute atomic E-state index is 11.6. The molecule has 1 N–H and O–H groups in total. The minimum atomic E-state index is -0.366. The van der Waals surface area contributed by atoms with E-state index in [1.54, 1.807) is 0 Å². The molecule has 0 unspecified atom stereocenters. The van der Waals surface area contributed by atoms with Crippen LogP contribution < -0.4 is 5.32 Å². The molecule has 0 saturated heterocycles. The first kappa shape index (κ1) is 16.5. The van der Waals surface area contributed by atoms with Crippen molar-refractivity contribution in [3.8, 4) is 0 Å². The summed E-state index contributed by atoms with van der Waals surface area (Å²) in [6.45, 7) is 8.75. The number of carbonyl (C=O) groups is 1. The second kappa shape index (κ2) is 7.88. The van der Waals surface area contributed by atoms with Crippen molar-refractivity contribution in [1.29, 1.82) is 0 Å². The van der Waals surface area contributed by atoms with Crippen LogP contribution in [-0.2, 0) is 9.53 Å². The van der Waals surface area contributed by atoms with Crippen molar-refractivity contribution in [2.45, 2.75) is 84.3 Å². The zero-order chi connectivity index (χ0) is 14.3. The molecule has 0 amide bonds. The molecule has 1 aliphatic rings. The molecule has 0 atom stereocenters. The molecule has 19 heavy (non-hydrogen) atoms. The Morgan fingerprint density at radius 3 is 2.37 bits per heavy atom. The van der Waals surface area contributed by atoms with E-state index in [4.69, 9.17) is 4.74 Å². The van der Waals surface area contributed by atoms with Gasteiger partial charge in [0.05, 0.1) is 6.42 Å². The molecule has 0 heterocycles. The van der Waals surface area contributed by atoms with Gasteiger partial charge in [-0.1, -0.05) is 19.8 Å². The van der Waals surface area contributed by atoms with Gasteiger partial charge < -0.3 is 10.1 Å². The van der Waals surface area contributed by atoms with E-state index in [2.05, 4.69) is 12.2 Å². The van der Waals surface area contributed by atoms with E-state index in [0.29, 0.717) is 12.5 Å². The Morgan fingerprint density at radius 2 is 1.84 bits per heavy atom. The fourth-order valence-electron chi connectivity index (χ4n) is 2.83. The average Bonchev–Trinajstić information content (AvgIpc) is 2.29. The Bertz CT molecular complexity index is 262. The van der Waals surface area contributed by atoms with Gasteiger partial charge in [0, 0.05) is 12.6 Å². The first-order valence-corrected chi connectivity index (χ1v) is 7.86. The summed E-state index contributed by atoms with van der Waals surface area (Å²) in [5.74, 6) is 0.841. The van der Waals surface area contributed by atoms with Crippen LogP contribution in [0.4, 0.5) is 0 Å². The van der Waals surface area contributed by atoms with Gasteiger partial charge in [0.15, 0.2) is 0 Å². The lowest BCUT2D eigenvalue weighted by atomic mass is 9.83. The monoisotopic (exact) mass is 269 g/mol. The van der Waals surface area contributed by atoms with Gasteiger partial charge >= 0.3 is 5.97 Å². The lowest BCUT2D eigenvalue weighted by Crippen LogP contribution is -2.35. The van der Waals surface area contributed by atoms with Crippen molar-refractivity contribution < 1.29 is 9.53 Å². The first-order chi connectivity index (χ1) is 8.90. The van der Waals surface area contributed by atoms with Gasteiger partial charge in [0.2, 0.25) is 0 Å². The molecule has 0 aromatic heterocycles. The third-order valence-electron chi connectivity index (χ3n) is 3.73. The van der Waals surface area contributed by atoms with Gasteiger partial charge in [-0.25, -0.2) is 0 Å². The van der Waals surface area contributed by atoms with Crippen molar-refractivity contribution in [2.75, 3.05) is 6.54 Å². The Labute approximate surface area is 118 Å². The maximum Gasteiger partial charge on any atom is 0.307 e. The van der Waals surface area contributed by atoms with Crippen molar-refractivity contribution >= 4 is 5.97 Å². The van der Waals surface area contributed by atoms with Gasteiger partial charge in [0.1, 0.15) is 5.60 Å². The second-order valence-electron chi connectivity index (χ2n) is 6.80. The van der Waals surface area contributed by atoms with Gasteiger partial charge in [-0.15, -0.1) is 0 Å². The highest BCUT2D eigenvalue weighted by molar-refractivity contribution is 5.70. The molecule has 0 bridgehead atoms. The summed E-state index contributed by atoms with van der Waals surface area (Å²) in [6, 6.07) is 0.607. The van der Waals surface area contributed by atoms with Gasteiger partial charge in [-0.05, 0) is 52.4 Å². The molecule has 0 aromatic carbocycles. The van der Waals surface area contributed by atoms with Crippen LogP contribution in [0, 0.1) is 5.92 Å². The van der Waals surface area contributed by atoms with Crippen molar-refractivity contribution in [2.24, 2.45) is 5.92 Å². The molecule has 1 aliphatic carbocycles. The standard InChI is InChI=1S/C16H31NO2/c1-5-6-13-7-9-14(10-8-13)17-12-11-15(18)19-16(2,3)4/h13-14,17H,5-12H2,1-4H3.